The SMILES string of the molecule is CCCc1cc2ccc(S(=O)(=O)[O-])cc2cc1CCC.[Na+]. The van der Waals surface area contributed by atoms with Gasteiger partial charge in [-0.3, -0.25) is 0 Å². The van der Waals surface area contributed by atoms with Gasteiger partial charge < -0.3 is 4.55 Å². The maximum atomic E-state index is 11.1. The molecule has 5 heteroatoms. The van der Waals surface area contributed by atoms with Crippen molar-refractivity contribution >= 4 is 20.9 Å². The average Bonchev–Trinajstić information content (AvgIpc) is 2.38. The van der Waals surface area contributed by atoms with Crippen LogP contribution in [0.4, 0.5) is 0 Å². The van der Waals surface area contributed by atoms with Gasteiger partial charge in [0.15, 0.2) is 0 Å². The molecule has 0 bridgehead atoms. The Morgan fingerprint density at radius 3 is 1.90 bits per heavy atom. The van der Waals surface area contributed by atoms with Crippen molar-refractivity contribution in [2.45, 2.75) is 44.4 Å². The Kier molecular flexibility index (Phi) is 6.88. The van der Waals surface area contributed by atoms with E-state index in [0.717, 1.165) is 36.5 Å². The van der Waals surface area contributed by atoms with Crippen molar-refractivity contribution in [3.63, 3.8) is 0 Å². The molecule has 0 N–H and O–H groups in total. The monoisotopic (exact) mass is 314 g/mol. The van der Waals surface area contributed by atoms with E-state index in [4.69, 9.17) is 0 Å². The number of benzene rings is 2. The van der Waals surface area contributed by atoms with E-state index >= 15 is 0 Å². The molecule has 0 aliphatic heterocycles. The molecule has 0 saturated carbocycles. The number of rotatable bonds is 5. The second-order valence-electron chi connectivity index (χ2n) is 5.08. The van der Waals surface area contributed by atoms with Crippen LogP contribution in [0.5, 0.6) is 0 Å². The third-order valence-electron chi connectivity index (χ3n) is 3.46. The molecule has 2 aromatic carbocycles. The van der Waals surface area contributed by atoms with Gasteiger partial charge in [0, 0.05) is 0 Å². The van der Waals surface area contributed by atoms with Crippen molar-refractivity contribution in [3.05, 3.63) is 41.5 Å². The molecule has 0 fully saturated rings. The minimum Gasteiger partial charge on any atom is -0.744 e. The number of aryl methyl sites for hydroxylation is 2. The standard InChI is InChI=1S/C16H20O3S.Na/c1-3-5-12-9-14-7-8-16(20(17,18)19)11-15(14)10-13(12)6-4-2;/h7-11H,3-6H2,1-2H3,(H,17,18,19);/q;+1/p-1. The molecule has 21 heavy (non-hydrogen) atoms. The van der Waals surface area contributed by atoms with Crippen molar-refractivity contribution in [2.75, 3.05) is 0 Å². The molecule has 108 valence electrons. The summed E-state index contributed by atoms with van der Waals surface area (Å²) in [5.41, 5.74) is 2.57. The molecule has 0 saturated heterocycles. The van der Waals surface area contributed by atoms with Crippen LogP contribution in [0.25, 0.3) is 10.8 Å². The van der Waals surface area contributed by atoms with Crippen LogP contribution in [0.2, 0.25) is 0 Å². The summed E-state index contributed by atoms with van der Waals surface area (Å²) in [6.07, 6.45) is 4.11. The zero-order valence-electron chi connectivity index (χ0n) is 12.8. The summed E-state index contributed by atoms with van der Waals surface area (Å²) in [6.45, 7) is 4.27. The van der Waals surface area contributed by atoms with Crippen molar-refractivity contribution in [1.82, 2.24) is 0 Å². The van der Waals surface area contributed by atoms with Gasteiger partial charge >= 0.3 is 29.6 Å². The predicted octanol–water partition coefficient (Wildman–Crippen LogP) is 0.653. The molecule has 2 aromatic rings. The topological polar surface area (TPSA) is 57.2 Å². The summed E-state index contributed by atoms with van der Waals surface area (Å²) >= 11 is 0. The fourth-order valence-corrected chi connectivity index (χ4v) is 3.04. The van der Waals surface area contributed by atoms with Gasteiger partial charge in [-0.1, -0.05) is 44.9 Å². The third kappa shape index (κ3) is 4.54. The van der Waals surface area contributed by atoms with Gasteiger partial charge in [-0.2, -0.15) is 0 Å². The molecule has 0 aliphatic carbocycles. The van der Waals surface area contributed by atoms with Gasteiger partial charge in [0.1, 0.15) is 10.1 Å². The third-order valence-corrected chi connectivity index (χ3v) is 4.29. The summed E-state index contributed by atoms with van der Waals surface area (Å²) in [5, 5.41) is 1.81. The Bertz CT molecular complexity index is 724. The molecular formula is C16H19NaO3S. The smallest absolute Gasteiger partial charge is 0.744 e. The molecule has 0 unspecified atom stereocenters. The molecule has 2 rings (SSSR count). The van der Waals surface area contributed by atoms with Crippen LogP contribution in [0, 0.1) is 0 Å². The van der Waals surface area contributed by atoms with E-state index in [1.807, 2.05) is 6.07 Å². The quantitative estimate of drug-likeness (QED) is 0.601. The first-order valence-corrected chi connectivity index (χ1v) is 8.38. The number of hydrogen-bond acceptors (Lipinski definition) is 3. The second kappa shape index (κ2) is 7.75. The van der Waals surface area contributed by atoms with Crippen molar-refractivity contribution in [3.8, 4) is 0 Å². The molecule has 0 radical (unpaired) electrons. The Labute approximate surface area is 148 Å². The van der Waals surface area contributed by atoms with E-state index in [9.17, 15) is 13.0 Å². The van der Waals surface area contributed by atoms with E-state index in [0.29, 0.717) is 0 Å². The Morgan fingerprint density at radius 1 is 0.905 bits per heavy atom. The zero-order valence-corrected chi connectivity index (χ0v) is 15.7. The fraction of sp³-hybridized carbons (Fsp3) is 0.375. The van der Waals surface area contributed by atoms with Gasteiger partial charge in [0.25, 0.3) is 0 Å². The Morgan fingerprint density at radius 2 is 1.43 bits per heavy atom. The van der Waals surface area contributed by atoms with Crippen LogP contribution in [-0.4, -0.2) is 13.0 Å². The van der Waals surface area contributed by atoms with Crippen LogP contribution in [0.3, 0.4) is 0 Å². The minimum absolute atomic E-state index is 0. The van der Waals surface area contributed by atoms with E-state index in [1.54, 1.807) is 6.07 Å². The second-order valence-corrected chi connectivity index (χ2v) is 6.46. The summed E-state index contributed by atoms with van der Waals surface area (Å²) in [4.78, 5) is -0.157. The Balaban J connectivity index is 0.00000220. The zero-order chi connectivity index (χ0) is 14.8. The molecule has 0 heterocycles. The summed E-state index contributed by atoms with van der Waals surface area (Å²) in [7, 11) is -4.39. The molecule has 0 amide bonds. The van der Waals surface area contributed by atoms with Crippen LogP contribution in [-0.2, 0) is 23.0 Å². The molecular weight excluding hydrogens is 295 g/mol. The number of hydrogen-bond donors (Lipinski definition) is 0. The molecule has 0 aliphatic rings. The average molecular weight is 314 g/mol. The first kappa shape index (κ1) is 18.7. The molecule has 0 aromatic heterocycles. The van der Waals surface area contributed by atoms with Gasteiger partial charge in [-0.05, 0) is 46.9 Å². The van der Waals surface area contributed by atoms with Crippen LogP contribution < -0.4 is 29.6 Å². The maximum Gasteiger partial charge on any atom is 1.00 e. The maximum absolute atomic E-state index is 11.1. The van der Waals surface area contributed by atoms with Gasteiger partial charge in [0.05, 0.1) is 4.90 Å². The Hall–Kier alpha value is -0.390. The minimum atomic E-state index is -4.39. The van der Waals surface area contributed by atoms with Crippen molar-refractivity contribution < 1.29 is 42.5 Å². The van der Waals surface area contributed by atoms with Gasteiger partial charge in [0.2, 0.25) is 0 Å². The number of fused-ring (bicyclic) bond motifs is 1. The van der Waals surface area contributed by atoms with E-state index in [-0.39, 0.29) is 34.5 Å². The summed E-state index contributed by atoms with van der Waals surface area (Å²) in [6, 6.07) is 8.73. The van der Waals surface area contributed by atoms with E-state index in [2.05, 4.69) is 19.9 Å². The fourth-order valence-electron chi connectivity index (χ4n) is 2.53. The van der Waals surface area contributed by atoms with Crippen LogP contribution in [0.15, 0.2) is 35.2 Å². The molecule has 0 spiro atoms. The summed E-state index contributed by atoms with van der Waals surface area (Å²) < 4.78 is 33.3. The van der Waals surface area contributed by atoms with Crippen molar-refractivity contribution in [2.24, 2.45) is 0 Å². The van der Waals surface area contributed by atoms with E-state index in [1.165, 1.54) is 23.3 Å². The first-order chi connectivity index (χ1) is 9.45. The van der Waals surface area contributed by atoms with Crippen LogP contribution >= 0.6 is 0 Å². The first-order valence-electron chi connectivity index (χ1n) is 6.97. The normalized spacial score (nSPS) is 11.4. The largest absolute Gasteiger partial charge is 1.00 e. The molecule has 0 atom stereocenters. The van der Waals surface area contributed by atoms with Gasteiger partial charge in [-0.15, -0.1) is 0 Å². The predicted molar refractivity (Wildman–Crippen MR) is 79.9 cm³/mol. The van der Waals surface area contributed by atoms with Gasteiger partial charge in [-0.25, -0.2) is 8.42 Å². The molecule has 3 nitrogen and oxygen atoms in total. The van der Waals surface area contributed by atoms with Crippen LogP contribution in [0.1, 0.15) is 37.8 Å². The van der Waals surface area contributed by atoms with Crippen molar-refractivity contribution in [1.29, 1.82) is 0 Å². The summed E-state index contributed by atoms with van der Waals surface area (Å²) in [5.74, 6) is 0. The van der Waals surface area contributed by atoms with E-state index < -0.39 is 10.1 Å².